The molecule has 0 heterocycles. The van der Waals surface area contributed by atoms with Crippen LogP contribution in [-0.2, 0) is 4.57 Å². The molecule has 0 rings (SSSR count). The van der Waals surface area contributed by atoms with Gasteiger partial charge in [0, 0.05) is 11.0 Å². The summed E-state index contributed by atoms with van der Waals surface area (Å²) < 4.78 is 13.1. The third-order valence-electron chi connectivity index (χ3n) is 0.806. The average Bonchev–Trinajstić information content (AvgIpc) is 1.64. The predicted octanol–water partition coefficient (Wildman–Crippen LogP) is 2.94. The molecule has 0 aromatic rings. The van der Waals surface area contributed by atoms with Gasteiger partial charge in [0.2, 0.25) is 0 Å². The predicted molar refractivity (Wildman–Crippen MR) is 50.8 cm³/mol. The molecular formula is C3H7Cl2INOP. The normalized spacial score (nSPS) is 12.6. The Hall–Kier alpha value is 1.50. The largest absolute Gasteiger partial charge is 0.321 e. The zero-order valence-corrected chi connectivity index (χ0v) is 9.41. The van der Waals surface area contributed by atoms with E-state index in [0.29, 0.717) is 6.54 Å². The van der Waals surface area contributed by atoms with Crippen LogP contribution >= 0.6 is 51.1 Å². The van der Waals surface area contributed by atoms with E-state index in [9.17, 15) is 4.57 Å². The van der Waals surface area contributed by atoms with Gasteiger partial charge in [-0.25, -0.2) is 4.67 Å². The van der Waals surface area contributed by atoms with Crippen molar-refractivity contribution >= 4 is 51.1 Å². The molecule has 0 unspecified atom stereocenters. The van der Waals surface area contributed by atoms with Gasteiger partial charge in [0.05, 0.1) is 0 Å². The second-order valence-electron chi connectivity index (χ2n) is 1.50. The number of halogens is 3. The second-order valence-corrected chi connectivity index (χ2v) is 7.40. The molecule has 0 spiro atoms. The fraction of sp³-hybridized carbons (Fsp3) is 1.00. The summed E-state index contributed by atoms with van der Waals surface area (Å²) in [6, 6.07) is 0. The molecule has 2 nitrogen and oxygen atoms in total. The number of rotatable bonds is 3. The Labute approximate surface area is 78.0 Å². The lowest BCUT2D eigenvalue weighted by atomic mass is 10.8. The Morgan fingerprint density at radius 3 is 2.22 bits per heavy atom. The first-order chi connectivity index (χ1) is 3.98. The van der Waals surface area contributed by atoms with E-state index in [1.165, 1.54) is 4.67 Å². The van der Waals surface area contributed by atoms with E-state index in [4.69, 9.17) is 22.5 Å². The fourth-order valence-electron chi connectivity index (χ4n) is 0.239. The first-order valence-electron chi connectivity index (χ1n) is 2.25. The third-order valence-corrected chi connectivity index (χ3v) is 3.83. The van der Waals surface area contributed by atoms with Crippen LogP contribution < -0.4 is 0 Å². The molecule has 0 amide bonds. The summed E-state index contributed by atoms with van der Waals surface area (Å²) in [7, 11) is 1.64. The smallest absolute Gasteiger partial charge is 0.271 e. The van der Waals surface area contributed by atoms with E-state index in [1.807, 2.05) is 0 Å². The Kier molecular flexibility index (Phi) is 5.12. The van der Waals surface area contributed by atoms with Gasteiger partial charge in [0.1, 0.15) is 0 Å². The van der Waals surface area contributed by atoms with Gasteiger partial charge in [-0.1, -0.05) is 22.6 Å². The summed E-state index contributed by atoms with van der Waals surface area (Å²) in [5.41, 5.74) is 0. The molecule has 0 fully saturated rings. The number of hydrogen-bond acceptors (Lipinski definition) is 1. The fourth-order valence-corrected chi connectivity index (χ4v) is 2.13. The molecule has 6 heteroatoms. The van der Waals surface area contributed by atoms with Crippen LogP contribution in [-0.4, -0.2) is 22.7 Å². The number of nitrogens with zero attached hydrogens (tertiary/aromatic N) is 1. The molecule has 0 atom stereocenters. The van der Waals surface area contributed by atoms with Crippen molar-refractivity contribution in [1.82, 2.24) is 4.67 Å². The molecule has 0 aliphatic heterocycles. The van der Waals surface area contributed by atoms with Gasteiger partial charge in [0.15, 0.2) is 0 Å². The van der Waals surface area contributed by atoms with Crippen molar-refractivity contribution < 1.29 is 4.57 Å². The highest BCUT2D eigenvalue weighted by atomic mass is 127. The minimum Gasteiger partial charge on any atom is -0.271 e. The minimum atomic E-state index is -3.00. The van der Waals surface area contributed by atoms with Crippen LogP contribution in [0.2, 0.25) is 0 Å². The maximum Gasteiger partial charge on any atom is 0.321 e. The van der Waals surface area contributed by atoms with Gasteiger partial charge in [-0.3, -0.25) is 4.57 Å². The van der Waals surface area contributed by atoms with Crippen molar-refractivity contribution in [2.24, 2.45) is 0 Å². The molecule has 0 aromatic heterocycles. The quantitative estimate of drug-likeness (QED) is 0.454. The SMILES string of the molecule is CN(CCI)P(=O)(Cl)Cl. The van der Waals surface area contributed by atoms with E-state index < -0.39 is 6.00 Å². The van der Waals surface area contributed by atoms with Gasteiger partial charge in [-0.05, 0) is 29.5 Å². The van der Waals surface area contributed by atoms with E-state index in [0.717, 1.165) is 4.43 Å². The summed E-state index contributed by atoms with van der Waals surface area (Å²) >= 11 is 12.8. The van der Waals surface area contributed by atoms with Crippen LogP contribution in [0.3, 0.4) is 0 Å². The van der Waals surface area contributed by atoms with E-state index in [2.05, 4.69) is 22.6 Å². The average molecular weight is 302 g/mol. The molecule has 0 N–H and O–H groups in total. The van der Waals surface area contributed by atoms with Crippen molar-refractivity contribution in [3.63, 3.8) is 0 Å². The lowest BCUT2D eigenvalue weighted by molar-refractivity contribution is 0.514. The van der Waals surface area contributed by atoms with Gasteiger partial charge < -0.3 is 0 Å². The van der Waals surface area contributed by atoms with Crippen molar-refractivity contribution in [2.45, 2.75) is 0 Å². The Morgan fingerprint density at radius 2 is 2.11 bits per heavy atom. The number of alkyl halides is 1. The summed E-state index contributed by atoms with van der Waals surface area (Å²) in [6.45, 7) is 0.658. The summed E-state index contributed by atoms with van der Waals surface area (Å²) in [6.07, 6.45) is 0. The topological polar surface area (TPSA) is 20.3 Å². The van der Waals surface area contributed by atoms with Gasteiger partial charge in [-0.2, -0.15) is 0 Å². The highest BCUT2D eigenvalue weighted by Crippen LogP contribution is 2.58. The zero-order chi connectivity index (χ0) is 7.49. The van der Waals surface area contributed by atoms with Crippen molar-refractivity contribution in [3.8, 4) is 0 Å². The molecule has 0 aromatic carbocycles. The first-order valence-corrected chi connectivity index (χ1v) is 7.25. The summed E-state index contributed by atoms with van der Waals surface area (Å²) in [5, 5.41) is 0. The molecule has 0 saturated heterocycles. The van der Waals surface area contributed by atoms with Crippen molar-refractivity contribution in [3.05, 3.63) is 0 Å². The van der Waals surface area contributed by atoms with Crippen LogP contribution in [0.5, 0.6) is 0 Å². The van der Waals surface area contributed by atoms with Crippen LogP contribution in [0.15, 0.2) is 0 Å². The van der Waals surface area contributed by atoms with E-state index >= 15 is 0 Å². The zero-order valence-electron chi connectivity index (χ0n) is 4.85. The van der Waals surface area contributed by atoms with Crippen LogP contribution in [0.4, 0.5) is 0 Å². The van der Waals surface area contributed by atoms with Crippen molar-refractivity contribution in [2.75, 3.05) is 18.0 Å². The maximum absolute atomic E-state index is 10.8. The highest BCUT2D eigenvalue weighted by molar-refractivity contribution is 14.1. The number of hydrogen-bond donors (Lipinski definition) is 0. The van der Waals surface area contributed by atoms with Crippen LogP contribution in [0, 0.1) is 0 Å². The molecule has 0 aliphatic rings. The monoisotopic (exact) mass is 301 g/mol. The van der Waals surface area contributed by atoms with Gasteiger partial charge >= 0.3 is 6.00 Å². The lowest BCUT2D eigenvalue weighted by Crippen LogP contribution is -2.12. The molecule has 0 saturated carbocycles. The molecule has 9 heavy (non-hydrogen) atoms. The Bertz CT molecular complexity index is 127. The van der Waals surface area contributed by atoms with Crippen molar-refractivity contribution in [1.29, 1.82) is 0 Å². The third kappa shape index (κ3) is 4.85. The molecule has 0 bridgehead atoms. The summed E-state index contributed by atoms with van der Waals surface area (Å²) in [5.74, 6) is -3.00. The van der Waals surface area contributed by atoms with E-state index in [1.54, 1.807) is 7.05 Å². The lowest BCUT2D eigenvalue weighted by Gasteiger charge is -2.14. The highest BCUT2D eigenvalue weighted by Gasteiger charge is 2.19. The van der Waals surface area contributed by atoms with Gasteiger partial charge in [0.25, 0.3) is 0 Å². The maximum atomic E-state index is 10.8. The molecule has 0 radical (unpaired) electrons. The first kappa shape index (κ1) is 10.5. The van der Waals surface area contributed by atoms with Crippen LogP contribution in [0.1, 0.15) is 0 Å². The molecule has 56 valence electrons. The Morgan fingerprint density at radius 1 is 1.67 bits per heavy atom. The molecular weight excluding hydrogens is 295 g/mol. The standard InChI is InChI=1S/C3H7Cl2INOP/c1-7(3-2-6)9(4,5)8/h2-3H2,1H3. The second kappa shape index (κ2) is 4.39. The molecule has 0 aliphatic carbocycles. The van der Waals surface area contributed by atoms with Gasteiger partial charge in [-0.15, -0.1) is 0 Å². The Balaban J connectivity index is 3.74. The minimum absolute atomic E-state index is 0.658. The summed E-state index contributed by atoms with van der Waals surface area (Å²) in [4.78, 5) is 0. The van der Waals surface area contributed by atoms with E-state index in [-0.39, 0.29) is 0 Å². The van der Waals surface area contributed by atoms with Crippen LogP contribution in [0.25, 0.3) is 0 Å².